The number of benzene rings is 2. The number of aryl methyl sites for hydroxylation is 1. The molecule has 2 aromatic rings. The molecule has 2 rings (SSSR count). The maximum absolute atomic E-state index is 12.9. The maximum atomic E-state index is 12.9. The molecule has 1 atom stereocenters. The predicted octanol–water partition coefficient (Wildman–Crippen LogP) is 5.48. The minimum Gasteiger partial charge on any atom is -0.496 e. The van der Waals surface area contributed by atoms with E-state index < -0.39 is 16.1 Å². The van der Waals surface area contributed by atoms with Crippen LogP contribution >= 0.6 is 23.2 Å². The molecule has 0 heterocycles. The van der Waals surface area contributed by atoms with Crippen LogP contribution in [0.15, 0.2) is 29.2 Å². The van der Waals surface area contributed by atoms with Crippen molar-refractivity contribution in [1.82, 2.24) is 4.72 Å². The SMILES string of the molecule is COc1cc(C)c([C@@H](C)NS(=O)(=O)c2ccc(OC)c(Cl)c2Cl)cc1C(C)C. The van der Waals surface area contributed by atoms with Crippen molar-refractivity contribution in [2.75, 3.05) is 14.2 Å². The summed E-state index contributed by atoms with van der Waals surface area (Å²) in [4.78, 5) is -0.0953. The first-order valence-electron chi connectivity index (χ1n) is 8.76. The number of hydrogen-bond donors (Lipinski definition) is 1. The number of ether oxygens (including phenoxy) is 2. The van der Waals surface area contributed by atoms with Gasteiger partial charge in [0.1, 0.15) is 21.4 Å². The number of halogens is 2. The molecule has 0 aliphatic rings. The van der Waals surface area contributed by atoms with Crippen LogP contribution in [0, 0.1) is 6.92 Å². The van der Waals surface area contributed by atoms with Gasteiger partial charge >= 0.3 is 0 Å². The zero-order valence-corrected chi connectivity index (χ0v) is 19.1. The normalized spacial score (nSPS) is 12.9. The van der Waals surface area contributed by atoms with Gasteiger partial charge in [-0.2, -0.15) is 0 Å². The highest BCUT2D eigenvalue weighted by Gasteiger charge is 2.25. The van der Waals surface area contributed by atoms with Gasteiger partial charge in [0.2, 0.25) is 10.0 Å². The molecule has 154 valence electrons. The Bertz CT molecular complexity index is 975. The summed E-state index contributed by atoms with van der Waals surface area (Å²) in [6.07, 6.45) is 0. The van der Waals surface area contributed by atoms with Crippen molar-refractivity contribution in [3.8, 4) is 11.5 Å². The molecule has 0 saturated heterocycles. The van der Waals surface area contributed by atoms with Crippen molar-refractivity contribution in [2.24, 2.45) is 0 Å². The fourth-order valence-electron chi connectivity index (χ4n) is 3.05. The second-order valence-electron chi connectivity index (χ2n) is 6.84. The van der Waals surface area contributed by atoms with Crippen LogP contribution in [0.2, 0.25) is 10.0 Å². The van der Waals surface area contributed by atoms with Gasteiger partial charge in [-0.3, -0.25) is 0 Å². The Labute approximate surface area is 177 Å². The molecule has 0 bridgehead atoms. The first kappa shape index (κ1) is 22.8. The van der Waals surface area contributed by atoms with Crippen LogP contribution in [0.1, 0.15) is 49.4 Å². The minimum atomic E-state index is -3.90. The number of nitrogens with one attached hydrogen (secondary N) is 1. The van der Waals surface area contributed by atoms with Gasteiger partial charge in [-0.1, -0.05) is 37.0 Å². The predicted molar refractivity (Wildman–Crippen MR) is 114 cm³/mol. The van der Waals surface area contributed by atoms with Crippen molar-refractivity contribution in [1.29, 1.82) is 0 Å². The van der Waals surface area contributed by atoms with E-state index in [1.54, 1.807) is 14.0 Å². The van der Waals surface area contributed by atoms with E-state index in [1.165, 1.54) is 19.2 Å². The molecule has 0 saturated carbocycles. The van der Waals surface area contributed by atoms with E-state index in [1.807, 2.05) is 19.1 Å². The summed E-state index contributed by atoms with van der Waals surface area (Å²) < 4.78 is 39.1. The molecule has 0 aliphatic heterocycles. The fraction of sp³-hybridized carbons (Fsp3) is 0.400. The van der Waals surface area contributed by atoms with Gasteiger partial charge in [0, 0.05) is 6.04 Å². The Morgan fingerprint density at radius 1 is 0.929 bits per heavy atom. The Hall–Kier alpha value is -1.47. The van der Waals surface area contributed by atoms with Crippen molar-refractivity contribution in [3.63, 3.8) is 0 Å². The van der Waals surface area contributed by atoms with Crippen LogP contribution < -0.4 is 14.2 Å². The molecular weight excluding hydrogens is 421 g/mol. The lowest BCUT2D eigenvalue weighted by Gasteiger charge is -2.21. The van der Waals surface area contributed by atoms with Crippen molar-refractivity contribution in [3.05, 3.63) is 51.0 Å². The summed E-state index contributed by atoms with van der Waals surface area (Å²) in [6, 6.07) is 6.28. The van der Waals surface area contributed by atoms with E-state index in [0.29, 0.717) is 5.75 Å². The Balaban J connectivity index is 2.43. The van der Waals surface area contributed by atoms with Crippen molar-refractivity contribution < 1.29 is 17.9 Å². The summed E-state index contributed by atoms with van der Waals surface area (Å²) in [6.45, 7) is 7.83. The summed E-state index contributed by atoms with van der Waals surface area (Å²) in [7, 11) is -0.842. The summed E-state index contributed by atoms with van der Waals surface area (Å²) in [5, 5.41) is -0.0162. The molecular formula is C20H25Cl2NO4S. The summed E-state index contributed by atoms with van der Waals surface area (Å²) in [5.41, 5.74) is 2.80. The highest BCUT2D eigenvalue weighted by atomic mass is 35.5. The van der Waals surface area contributed by atoms with Gasteiger partial charge in [0.25, 0.3) is 0 Å². The van der Waals surface area contributed by atoms with Gasteiger partial charge < -0.3 is 9.47 Å². The Morgan fingerprint density at radius 3 is 2.07 bits per heavy atom. The molecule has 2 aromatic carbocycles. The maximum Gasteiger partial charge on any atom is 0.242 e. The molecule has 28 heavy (non-hydrogen) atoms. The van der Waals surface area contributed by atoms with Gasteiger partial charge in [-0.25, -0.2) is 13.1 Å². The van der Waals surface area contributed by atoms with E-state index in [2.05, 4.69) is 18.6 Å². The highest BCUT2D eigenvalue weighted by Crippen LogP contribution is 2.37. The molecule has 0 unspecified atom stereocenters. The highest BCUT2D eigenvalue weighted by molar-refractivity contribution is 7.89. The quantitative estimate of drug-likeness (QED) is 0.612. The smallest absolute Gasteiger partial charge is 0.242 e. The molecule has 8 heteroatoms. The lowest BCUT2D eigenvalue weighted by molar-refractivity contribution is 0.406. The van der Waals surface area contributed by atoms with Crippen LogP contribution in [0.4, 0.5) is 0 Å². The number of rotatable bonds is 7. The average Bonchev–Trinajstić information content (AvgIpc) is 2.62. The zero-order valence-electron chi connectivity index (χ0n) is 16.8. The van der Waals surface area contributed by atoms with Gasteiger partial charge in [-0.05, 0) is 60.7 Å². The third kappa shape index (κ3) is 4.57. The average molecular weight is 446 g/mol. The molecule has 0 radical (unpaired) electrons. The molecule has 0 spiro atoms. The van der Waals surface area contributed by atoms with Crippen molar-refractivity contribution in [2.45, 2.75) is 44.6 Å². The molecule has 0 amide bonds. The monoisotopic (exact) mass is 445 g/mol. The molecule has 1 N–H and O–H groups in total. The molecule has 0 fully saturated rings. The second-order valence-corrected chi connectivity index (χ2v) is 9.28. The van der Waals surface area contributed by atoms with Gasteiger partial charge in [-0.15, -0.1) is 0 Å². The third-order valence-corrected chi connectivity index (χ3v) is 7.12. The van der Waals surface area contributed by atoms with E-state index in [4.69, 9.17) is 32.7 Å². The summed E-state index contributed by atoms with van der Waals surface area (Å²) >= 11 is 12.3. The topological polar surface area (TPSA) is 64.6 Å². The van der Waals surface area contributed by atoms with E-state index in [9.17, 15) is 8.42 Å². The minimum absolute atomic E-state index is 0.0578. The zero-order chi connectivity index (χ0) is 21.2. The summed E-state index contributed by atoms with van der Waals surface area (Å²) in [5.74, 6) is 1.33. The number of methoxy groups -OCH3 is 2. The van der Waals surface area contributed by atoms with Crippen LogP contribution in [0.3, 0.4) is 0 Å². The lowest BCUT2D eigenvalue weighted by Crippen LogP contribution is -2.27. The van der Waals surface area contributed by atoms with Gasteiger partial charge in [0.15, 0.2) is 0 Å². The largest absolute Gasteiger partial charge is 0.496 e. The van der Waals surface area contributed by atoms with E-state index in [0.717, 1.165) is 22.4 Å². The molecule has 0 aliphatic carbocycles. The number of sulfonamides is 1. The van der Waals surface area contributed by atoms with Crippen LogP contribution in [-0.4, -0.2) is 22.6 Å². The van der Waals surface area contributed by atoms with Gasteiger partial charge in [0.05, 0.1) is 19.2 Å². The first-order chi connectivity index (χ1) is 13.0. The standard InChI is InChI=1S/C20H25Cl2NO4S/c1-11(2)14-10-15(12(3)9-17(14)27-6)13(4)23-28(24,25)18-8-7-16(26-5)19(21)20(18)22/h7-11,13,23H,1-6H3/t13-/m1/s1. The number of hydrogen-bond acceptors (Lipinski definition) is 4. The first-order valence-corrected chi connectivity index (χ1v) is 11.0. The third-order valence-electron chi connectivity index (χ3n) is 4.56. The van der Waals surface area contributed by atoms with Crippen LogP contribution in [0.5, 0.6) is 11.5 Å². The molecule has 0 aromatic heterocycles. The Kier molecular flexibility index (Phi) is 7.26. The van der Waals surface area contributed by atoms with Crippen molar-refractivity contribution >= 4 is 33.2 Å². The van der Waals surface area contributed by atoms with Crippen LogP contribution in [-0.2, 0) is 10.0 Å². The fourth-order valence-corrected chi connectivity index (χ4v) is 5.11. The van der Waals surface area contributed by atoms with E-state index in [-0.39, 0.29) is 20.9 Å². The van der Waals surface area contributed by atoms with E-state index >= 15 is 0 Å². The van der Waals surface area contributed by atoms with Crippen LogP contribution in [0.25, 0.3) is 0 Å². The lowest BCUT2D eigenvalue weighted by atomic mass is 9.94. The Morgan fingerprint density at radius 2 is 1.54 bits per heavy atom. The second kappa shape index (κ2) is 8.91. The molecule has 5 nitrogen and oxygen atoms in total.